The van der Waals surface area contributed by atoms with E-state index >= 15 is 0 Å². The third-order valence-electron chi connectivity index (χ3n) is 1.43. The summed E-state index contributed by atoms with van der Waals surface area (Å²) in [5.74, 6) is 0. The van der Waals surface area contributed by atoms with Gasteiger partial charge in [0.1, 0.15) is 0 Å². The quantitative estimate of drug-likeness (QED) is 0.598. The summed E-state index contributed by atoms with van der Waals surface area (Å²) in [7, 11) is 0. The van der Waals surface area contributed by atoms with E-state index in [1.165, 1.54) is 11.1 Å². The molecule has 1 heterocycles. The van der Waals surface area contributed by atoms with Crippen LogP contribution in [0.25, 0.3) is 5.32 Å². The molecule has 0 aromatic heterocycles. The van der Waals surface area contributed by atoms with Gasteiger partial charge in [-0.1, -0.05) is 11.1 Å². The van der Waals surface area contributed by atoms with Gasteiger partial charge < -0.3 is 5.32 Å². The largest absolute Gasteiger partial charge is 0.655 e. The van der Waals surface area contributed by atoms with E-state index in [0.717, 1.165) is 13.1 Å². The Balaban J connectivity index is 0.000000490. The van der Waals surface area contributed by atoms with Gasteiger partial charge in [-0.25, -0.2) is 0 Å². The zero-order valence-corrected chi connectivity index (χ0v) is 8.52. The fourth-order valence-electron chi connectivity index (χ4n) is 0.661. The van der Waals surface area contributed by atoms with Gasteiger partial charge in [0, 0.05) is 22.4 Å². The maximum absolute atomic E-state index is 4.17. The van der Waals surface area contributed by atoms with Crippen LogP contribution in [0.2, 0.25) is 0 Å². The van der Waals surface area contributed by atoms with Crippen LogP contribution in [0.5, 0.6) is 0 Å². The molecule has 0 aliphatic carbocycles. The van der Waals surface area contributed by atoms with E-state index in [4.69, 9.17) is 0 Å². The standard InChI is InChI=1S/C6H10N.Ta/c1-5-3-7-4-6(5)2;/h3-4H2,1-2H3;/q-1;. The smallest absolute Gasteiger partial charge is 0 e. The zero-order valence-electron chi connectivity index (χ0n) is 5.31. The second-order valence-corrected chi connectivity index (χ2v) is 2.10. The maximum atomic E-state index is 4.17. The predicted molar refractivity (Wildman–Crippen MR) is 31.5 cm³/mol. The van der Waals surface area contributed by atoms with Crippen LogP contribution in [0.15, 0.2) is 11.1 Å². The molecule has 0 unspecified atom stereocenters. The van der Waals surface area contributed by atoms with Crippen molar-refractivity contribution in [1.82, 2.24) is 0 Å². The Morgan fingerprint density at radius 3 is 1.62 bits per heavy atom. The maximum Gasteiger partial charge on any atom is 0 e. The molecule has 0 aromatic rings. The van der Waals surface area contributed by atoms with Crippen LogP contribution < -0.4 is 0 Å². The minimum atomic E-state index is 0. The molecule has 0 fully saturated rings. The third kappa shape index (κ3) is 1.75. The molecule has 0 amide bonds. The molecule has 0 spiro atoms. The van der Waals surface area contributed by atoms with E-state index in [1.54, 1.807) is 0 Å². The summed E-state index contributed by atoms with van der Waals surface area (Å²) in [5, 5.41) is 4.17. The number of nitrogens with zero attached hydrogens (tertiary/aromatic N) is 1. The van der Waals surface area contributed by atoms with Crippen molar-refractivity contribution in [3.63, 3.8) is 0 Å². The molecule has 0 bridgehead atoms. The summed E-state index contributed by atoms with van der Waals surface area (Å²) in [6.07, 6.45) is 0. The van der Waals surface area contributed by atoms with Crippen molar-refractivity contribution >= 4 is 0 Å². The van der Waals surface area contributed by atoms with E-state index in [9.17, 15) is 0 Å². The van der Waals surface area contributed by atoms with E-state index in [-0.39, 0.29) is 22.4 Å². The van der Waals surface area contributed by atoms with E-state index in [0.29, 0.717) is 0 Å². The van der Waals surface area contributed by atoms with Gasteiger partial charge in [-0.3, -0.25) is 0 Å². The summed E-state index contributed by atoms with van der Waals surface area (Å²) in [4.78, 5) is 0. The van der Waals surface area contributed by atoms with Gasteiger partial charge in [-0.05, 0) is 13.8 Å². The molecule has 1 nitrogen and oxygen atoms in total. The second kappa shape index (κ2) is 3.46. The van der Waals surface area contributed by atoms with E-state index in [1.807, 2.05) is 0 Å². The SMILES string of the molecule is CC1=C(C)C[N-]C1.[Ta]. The van der Waals surface area contributed by atoms with E-state index in [2.05, 4.69) is 19.2 Å². The Morgan fingerprint density at radius 1 is 1.12 bits per heavy atom. The fraction of sp³-hybridized carbons (Fsp3) is 0.667. The third-order valence-corrected chi connectivity index (χ3v) is 1.43. The summed E-state index contributed by atoms with van der Waals surface area (Å²) in [6, 6.07) is 0. The van der Waals surface area contributed by atoms with Crippen LogP contribution in [0.1, 0.15) is 13.8 Å². The summed E-state index contributed by atoms with van der Waals surface area (Å²) in [6.45, 7) is 6.25. The molecule has 0 aromatic carbocycles. The van der Waals surface area contributed by atoms with Crippen molar-refractivity contribution in [2.75, 3.05) is 13.1 Å². The Kier molecular flexibility index (Phi) is 3.65. The summed E-state index contributed by atoms with van der Waals surface area (Å²) < 4.78 is 0. The molecule has 1 radical (unpaired) electrons. The van der Waals surface area contributed by atoms with Crippen molar-refractivity contribution < 1.29 is 22.4 Å². The monoisotopic (exact) mass is 277 g/mol. The number of rotatable bonds is 0. The van der Waals surface area contributed by atoms with Crippen molar-refractivity contribution in [1.29, 1.82) is 0 Å². The van der Waals surface area contributed by atoms with E-state index < -0.39 is 0 Å². The predicted octanol–water partition coefficient (Wildman–Crippen LogP) is 1.71. The Morgan fingerprint density at radius 2 is 1.50 bits per heavy atom. The first-order chi connectivity index (χ1) is 3.30. The summed E-state index contributed by atoms with van der Waals surface area (Å²) >= 11 is 0. The van der Waals surface area contributed by atoms with Crippen molar-refractivity contribution in [3.05, 3.63) is 16.5 Å². The summed E-state index contributed by atoms with van der Waals surface area (Å²) in [5.41, 5.74) is 2.92. The van der Waals surface area contributed by atoms with Gasteiger partial charge in [0.25, 0.3) is 0 Å². The Bertz CT molecular complexity index is 95.1. The minimum absolute atomic E-state index is 0. The van der Waals surface area contributed by atoms with Crippen molar-refractivity contribution in [2.45, 2.75) is 13.8 Å². The van der Waals surface area contributed by atoms with Crippen LogP contribution >= 0.6 is 0 Å². The number of hydrogen-bond acceptors (Lipinski definition) is 0. The molecule has 0 saturated heterocycles. The second-order valence-electron chi connectivity index (χ2n) is 2.10. The van der Waals surface area contributed by atoms with Crippen LogP contribution in [-0.2, 0) is 22.4 Å². The van der Waals surface area contributed by atoms with Gasteiger partial charge in [0.15, 0.2) is 0 Å². The van der Waals surface area contributed by atoms with Gasteiger partial charge in [0.2, 0.25) is 0 Å². The topological polar surface area (TPSA) is 14.1 Å². The molecule has 0 saturated carbocycles. The van der Waals surface area contributed by atoms with Crippen LogP contribution in [0.3, 0.4) is 0 Å². The first-order valence-electron chi connectivity index (χ1n) is 2.59. The van der Waals surface area contributed by atoms with Crippen molar-refractivity contribution in [3.8, 4) is 0 Å². The molecule has 45 valence electrons. The molecule has 0 N–H and O–H groups in total. The minimum Gasteiger partial charge on any atom is -0.655 e. The molecular weight excluding hydrogens is 267 g/mol. The van der Waals surface area contributed by atoms with Crippen molar-refractivity contribution in [2.24, 2.45) is 0 Å². The average Bonchev–Trinajstić information content (AvgIpc) is 1.91. The van der Waals surface area contributed by atoms with Gasteiger partial charge in [-0.2, -0.15) is 0 Å². The first-order valence-corrected chi connectivity index (χ1v) is 2.59. The van der Waals surface area contributed by atoms with Crippen LogP contribution in [-0.4, -0.2) is 13.1 Å². The molecule has 8 heavy (non-hydrogen) atoms. The Labute approximate surface area is 66.1 Å². The normalized spacial score (nSPS) is 18.8. The molecule has 1 rings (SSSR count). The zero-order chi connectivity index (χ0) is 5.28. The fourth-order valence-corrected chi connectivity index (χ4v) is 0.661. The van der Waals surface area contributed by atoms with Gasteiger partial charge >= 0.3 is 0 Å². The molecule has 1 aliphatic heterocycles. The van der Waals surface area contributed by atoms with Crippen LogP contribution in [0, 0.1) is 0 Å². The van der Waals surface area contributed by atoms with Crippen LogP contribution in [0.4, 0.5) is 0 Å². The van der Waals surface area contributed by atoms with Gasteiger partial charge in [0.05, 0.1) is 0 Å². The first kappa shape index (κ1) is 8.44. The molecule has 2 heteroatoms. The number of hydrogen-bond donors (Lipinski definition) is 0. The molecule has 1 aliphatic rings. The molecular formula is C6H10NTa-. The average molecular weight is 277 g/mol. The molecule has 0 atom stereocenters. The Hall–Kier alpha value is 0.440. The van der Waals surface area contributed by atoms with Gasteiger partial charge in [-0.15, -0.1) is 13.1 Å².